The molecule has 2 heterocycles. The van der Waals surface area contributed by atoms with Crippen molar-refractivity contribution in [3.63, 3.8) is 0 Å². The van der Waals surface area contributed by atoms with Crippen molar-refractivity contribution in [1.29, 1.82) is 0 Å². The number of halogens is 1. The van der Waals surface area contributed by atoms with Crippen LogP contribution in [0.25, 0.3) is 16.7 Å². The molecule has 4 rings (SSSR count). The molecule has 0 aliphatic carbocycles. The normalized spacial score (nSPS) is 10.9. The van der Waals surface area contributed by atoms with Gasteiger partial charge in [0.25, 0.3) is 0 Å². The molecule has 30 heavy (non-hydrogen) atoms. The Hall–Kier alpha value is -3.46. The number of methoxy groups -OCH3 is 1. The Morgan fingerprint density at radius 3 is 2.77 bits per heavy atom. The van der Waals surface area contributed by atoms with E-state index in [1.54, 1.807) is 30.1 Å². The number of nitrogens with one attached hydrogen (secondary N) is 1. The summed E-state index contributed by atoms with van der Waals surface area (Å²) in [4.78, 5) is 20.9. The SMILES string of the molecule is COc1ccccc1CNC(=O)CSc1ncnc2c1cnn2-c1ccc(F)cc1. The summed E-state index contributed by atoms with van der Waals surface area (Å²) in [6.07, 6.45) is 3.08. The number of carbonyl (C=O) groups excluding carboxylic acids is 1. The molecule has 0 bridgehead atoms. The Morgan fingerprint density at radius 1 is 1.17 bits per heavy atom. The largest absolute Gasteiger partial charge is 0.496 e. The summed E-state index contributed by atoms with van der Waals surface area (Å²) < 4.78 is 20.1. The van der Waals surface area contributed by atoms with Gasteiger partial charge in [0.05, 0.1) is 30.1 Å². The van der Waals surface area contributed by atoms with Gasteiger partial charge in [0, 0.05) is 12.1 Å². The third-order valence-corrected chi connectivity index (χ3v) is 5.41. The molecule has 7 nitrogen and oxygen atoms in total. The quantitative estimate of drug-likeness (QED) is 0.363. The molecule has 0 saturated carbocycles. The molecule has 0 spiro atoms. The smallest absolute Gasteiger partial charge is 0.230 e. The molecule has 1 N–H and O–H groups in total. The van der Waals surface area contributed by atoms with Gasteiger partial charge in [-0.15, -0.1) is 0 Å². The molecule has 2 aromatic carbocycles. The predicted molar refractivity (Wildman–Crippen MR) is 112 cm³/mol. The fraction of sp³-hybridized carbons (Fsp3) is 0.143. The number of para-hydroxylation sites is 1. The molecule has 0 radical (unpaired) electrons. The van der Waals surface area contributed by atoms with Gasteiger partial charge < -0.3 is 10.1 Å². The maximum atomic E-state index is 13.2. The number of thioether (sulfide) groups is 1. The summed E-state index contributed by atoms with van der Waals surface area (Å²) in [6, 6.07) is 13.5. The van der Waals surface area contributed by atoms with Crippen LogP contribution in [0.3, 0.4) is 0 Å². The molecular weight excluding hydrogens is 405 g/mol. The van der Waals surface area contributed by atoms with Gasteiger partial charge in [0.2, 0.25) is 5.91 Å². The predicted octanol–water partition coefficient (Wildman–Crippen LogP) is 3.37. The number of hydrogen-bond acceptors (Lipinski definition) is 6. The zero-order valence-corrected chi connectivity index (χ0v) is 16.9. The number of nitrogens with zero attached hydrogens (tertiary/aromatic N) is 4. The van der Waals surface area contributed by atoms with Crippen molar-refractivity contribution < 1.29 is 13.9 Å². The van der Waals surface area contributed by atoms with Crippen molar-refractivity contribution >= 4 is 28.7 Å². The Morgan fingerprint density at radius 2 is 1.97 bits per heavy atom. The molecule has 0 aliphatic rings. The zero-order chi connectivity index (χ0) is 20.9. The first-order valence-corrected chi connectivity index (χ1v) is 10.1. The Labute approximate surface area is 176 Å². The maximum Gasteiger partial charge on any atom is 0.230 e. The van der Waals surface area contributed by atoms with E-state index >= 15 is 0 Å². The molecular formula is C21H18FN5O2S. The van der Waals surface area contributed by atoms with E-state index in [1.165, 1.54) is 30.2 Å². The lowest BCUT2D eigenvalue weighted by atomic mass is 10.2. The fourth-order valence-electron chi connectivity index (χ4n) is 2.94. The topological polar surface area (TPSA) is 81.9 Å². The number of aromatic nitrogens is 4. The first kappa shape index (κ1) is 19.8. The van der Waals surface area contributed by atoms with Gasteiger partial charge in [0.15, 0.2) is 5.65 Å². The first-order valence-electron chi connectivity index (χ1n) is 9.12. The second-order valence-electron chi connectivity index (χ2n) is 6.33. The van der Waals surface area contributed by atoms with Crippen molar-refractivity contribution in [2.45, 2.75) is 11.6 Å². The highest BCUT2D eigenvalue weighted by Crippen LogP contribution is 2.26. The van der Waals surface area contributed by atoms with E-state index in [1.807, 2.05) is 24.3 Å². The summed E-state index contributed by atoms with van der Waals surface area (Å²) >= 11 is 1.31. The summed E-state index contributed by atoms with van der Waals surface area (Å²) in [5.41, 5.74) is 2.19. The van der Waals surface area contributed by atoms with E-state index < -0.39 is 0 Å². The standard InChI is InChI=1S/C21H18FN5O2S/c1-29-18-5-3-2-4-14(18)10-23-19(28)12-30-21-17-11-26-27(20(17)24-13-25-21)16-8-6-15(22)7-9-16/h2-9,11,13H,10,12H2,1H3,(H,23,28). The molecule has 0 aliphatic heterocycles. The van der Waals surface area contributed by atoms with Gasteiger partial charge in [-0.05, 0) is 30.3 Å². The molecule has 0 saturated heterocycles. The van der Waals surface area contributed by atoms with Crippen LogP contribution < -0.4 is 10.1 Å². The van der Waals surface area contributed by atoms with Crippen LogP contribution in [0.4, 0.5) is 4.39 Å². The number of benzene rings is 2. The average Bonchev–Trinajstić information content (AvgIpc) is 3.21. The molecule has 1 amide bonds. The van der Waals surface area contributed by atoms with Gasteiger partial charge in [-0.1, -0.05) is 30.0 Å². The summed E-state index contributed by atoms with van der Waals surface area (Å²) in [7, 11) is 1.60. The lowest BCUT2D eigenvalue weighted by Crippen LogP contribution is -2.24. The third-order valence-electron chi connectivity index (χ3n) is 4.41. The van der Waals surface area contributed by atoms with E-state index in [4.69, 9.17) is 4.74 Å². The van der Waals surface area contributed by atoms with E-state index in [2.05, 4.69) is 20.4 Å². The van der Waals surface area contributed by atoms with E-state index in [0.717, 1.165) is 16.7 Å². The molecule has 4 aromatic rings. The Bertz CT molecular complexity index is 1180. The summed E-state index contributed by atoms with van der Waals surface area (Å²) in [6.45, 7) is 0.380. The van der Waals surface area contributed by atoms with Gasteiger partial charge >= 0.3 is 0 Å². The molecule has 0 fully saturated rings. The van der Waals surface area contributed by atoms with Crippen LogP contribution in [0.15, 0.2) is 66.1 Å². The van der Waals surface area contributed by atoms with Crippen molar-refractivity contribution in [2.24, 2.45) is 0 Å². The minimum absolute atomic E-state index is 0.122. The highest BCUT2D eigenvalue weighted by molar-refractivity contribution is 8.00. The van der Waals surface area contributed by atoms with E-state index in [-0.39, 0.29) is 17.5 Å². The maximum absolute atomic E-state index is 13.2. The third kappa shape index (κ3) is 4.25. The van der Waals surface area contributed by atoms with Crippen LogP contribution in [-0.4, -0.2) is 38.5 Å². The van der Waals surface area contributed by atoms with Crippen LogP contribution in [0.2, 0.25) is 0 Å². The monoisotopic (exact) mass is 423 g/mol. The molecule has 152 valence electrons. The van der Waals surface area contributed by atoms with Crippen molar-refractivity contribution in [3.05, 3.63) is 72.4 Å². The van der Waals surface area contributed by atoms with Crippen LogP contribution in [-0.2, 0) is 11.3 Å². The van der Waals surface area contributed by atoms with E-state index in [0.29, 0.717) is 22.9 Å². The van der Waals surface area contributed by atoms with E-state index in [9.17, 15) is 9.18 Å². The van der Waals surface area contributed by atoms with Crippen LogP contribution in [0.1, 0.15) is 5.56 Å². The van der Waals surface area contributed by atoms with Gasteiger partial charge in [-0.25, -0.2) is 19.0 Å². The van der Waals surface area contributed by atoms with Gasteiger partial charge in [-0.3, -0.25) is 4.79 Å². The second-order valence-corrected chi connectivity index (χ2v) is 7.29. The van der Waals surface area contributed by atoms with Crippen molar-refractivity contribution in [2.75, 3.05) is 12.9 Å². The molecule has 0 atom stereocenters. The average molecular weight is 423 g/mol. The van der Waals surface area contributed by atoms with Crippen LogP contribution in [0.5, 0.6) is 5.75 Å². The number of fused-ring (bicyclic) bond motifs is 1. The Kier molecular flexibility index (Phi) is 5.89. The minimum Gasteiger partial charge on any atom is -0.496 e. The highest BCUT2D eigenvalue weighted by Gasteiger charge is 2.13. The number of carbonyl (C=O) groups is 1. The summed E-state index contributed by atoms with van der Waals surface area (Å²) in [5, 5.41) is 8.61. The van der Waals surface area contributed by atoms with Gasteiger partial charge in [-0.2, -0.15) is 5.10 Å². The zero-order valence-electron chi connectivity index (χ0n) is 16.1. The number of ether oxygens (including phenoxy) is 1. The van der Waals surface area contributed by atoms with Crippen LogP contribution >= 0.6 is 11.8 Å². The van der Waals surface area contributed by atoms with Crippen molar-refractivity contribution in [3.8, 4) is 11.4 Å². The fourth-order valence-corrected chi connectivity index (χ4v) is 3.73. The first-order chi connectivity index (χ1) is 14.7. The molecule has 9 heteroatoms. The lowest BCUT2D eigenvalue weighted by molar-refractivity contribution is -0.118. The summed E-state index contributed by atoms with van der Waals surface area (Å²) in [5.74, 6) is 0.489. The van der Waals surface area contributed by atoms with Crippen molar-refractivity contribution in [1.82, 2.24) is 25.1 Å². The lowest BCUT2D eigenvalue weighted by Gasteiger charge is -2.09. The second kappa shape index (κ2) is 8.91. The molecule has 2 aromatic heterocycles. The number of amides is 1. The minimum atomic E-state index is -0.319. The number of hydrogen-bond donors (Lipinski definition) is 1. The highest BCUT2D eigenvalue weighted by atomic mass is 32.2. The van der Waals surface area contributed by atoms with Crippen LogP contribution in [0, 0.1) is 5.82 Å². The van der Waals surface area contributed by atoms with Gasteiger partial charge in [0.1, 0.15) is 22.9 Å². The molecule has 0 unspecified atom stereocenters. The Balaban J connectivity index is 1.44. The number of rotatable bonds is 7.